The quantitative estimate of drug-likeness (QED) is 0.337. The van der Waals surface area contributed by atoms with Crippen molar-refractivity contribution in [2.75, 3.05) is 0 Å². The number of halogens is 2. The van der Waals surface area contributed by atoms with E-state index in [1.54, 1.807) is 18.2 Å². The monoisotopic (exact) mass is 398 g/mol. The number of aromatic nitrogens is 1. The molecule has 2 aromatic carbocycles. The number of hydrogen-bond acceptors (Lipinski definition) is 3. The van der Waals surface area contributed by atoms with E-state index in [0.717, 1.165) is 15.8 Å². The Morgan fingerprint density at radius 1 is 1.16 bits per heavy atom. The van der Waals surface area contributed by atoms with Crippen LogP contribution in [0.25, 0.3) is 10.9 Å². The third kappa shape index (κ3) is 5.60. The molecule has 9 heteroatoms. The van der Waals surface area contributed by atoms with E-state index in [1.165, 1.54) is 11.8 Å². The zero-order valence-corrected chi connectivity index (χ0v) is 15.2. The second kappa shape index (κ2) is 9.22. The minimum absolute atomic E-state index is 0. The van der Waals surface area contributed by atoms with E-state index in [4.69, 9.17) is 17.0 Å². The molecule has 3 aromatic rings. The average Bonchev–Trinajstić information content (AvgIpc) is 2.86. The van der Waals surface area contributed by atoms with Gasteiger partial charge in [0.1, 0.15) is 5.69 Å². The number of nitrogens with one attached hydrogen (secondary N) is 2. The highest BCUT2D eigenvalue weighted by Gasteiger charge is 2.18. The molecule has 0 fully saturated rings. The average molecular weight is 399 g/mol. The van der Waals surface area contributed by atoms with E-state index >= 15 is 0 Å². The van der Waals surface area contributed by atoms with Crippen LogP contribution in [-0.4, -0.2) is 22.0 Å². The zero-order chi connectivity index (χ0) is 17.7. The molecule has 7 N–H and O–H groups in total. The summed E-state index contributed by atoms with van der Waals surface area (Å²) >= 11 is 7.43. The molecule has 6 nitrogen and oxygen atoms in total. The Balaban J connectivity index is 0.000000568. The summed E-state index contributed by atoms with van der Waals surface area (Å²) in [7, 11) is 0. The molecule has 0 bridgehead atoms. The molecule has 0 aliphatic rings. The minimum Gasteiger partial charge on any atom is -0.477 e. The SMILES string of the molecule is Cl.N=C(N)N.O=C(O)c1[nH]c2ccc(Cl)cc2c1Sc1ccccc1. The number of carboxylic acid groups (broad SMARTS) is 1. The largest absolute Gasteiger partial charge is 0.477 e. The number of benzene rings is 2. The van der Waals surface area contributed by atoms with Crippen molar-refractivity contribution in [3.63, 3.8) is 0 Å². The number of carboxylic acids is 1. The van der Waals surface area contributed by atoms with Crippen molar-refractivity contribution in [2.45, 2.75) is 9.79 Å². The van der Waals surface area contributed by atoms with Gasteiger partial charge in [0.25, 0.3) is 0 Å². The summed E-state index contributed by atoms with van der Waals surface area (Å²) < 4.78 is 0. The predicted molar refractivity (Wildman–Crippen MR) is 104 cm³/mol. The van der Waals surface area contributed by atoms with Crippen LogP contribution < -0.4 is 11.5 Å². The lowest BCUT2D eigenvalue weighted by atomic mass is 10.2. The Bertz CT molecular complexity index is 880. The standard InChI is InChI=1S/C15H10ClNO2S.CH5N3.ClH/c16-9-6-7-12-11(8-9)14(13(17-12)15(18)19)20-10-4-2-1-3-5-10;2-1(3)4;/h1-8,17H,(H,18,19);(H5,2,3,4);1H. The third-order valence-corrected chi connectivity index (χ3v) is 4.26. The van der Waals surface area contributed by atoms with Gasteiger partial charge in [0.2, 0.25) is 0 Å². The Morgan fingerprint density at radius 2 is 1.76 bits per heavy atom. The number of carbonyl (C=O) groups is 1. The fourth-order valence-corrected chi connectivity index (χ4v) is 3.22. The summed E-state index contributed by atoms with van der Waals surface area (Å²) in [5, 5.41) is 16.8. The maximum absolute atomic E-state index is 11.4. The number of H-pyrrole nitrogens is 1. The number of hydrogen-bond donors (Lipinski definition) is 5. The van der Waals surface area contributed by atoms with Crippen LogP contribution in [-0.2, 0) is 0 Å². The van der Waals surface area contributed by atoms with E-state index < -0.39 is 5.97 Å². The topological polar surface area (TPSA) is 129 Å². The Morgan fingerprint density at radius 3 is 2.32 bits per heavy atom. The van der Waals surface area contributed by atoms with Crippen LogP contribution in [0.15, 0.2) is 58.3 Å². The Hall–Kier alpha value is -2.35. The highest BCUT2D eigenvalue weighted by Crippen LogP contribution is 2.37. The van der Waals surface area contributed by atoms with Crippen molar-refractivity contribution >= 4 is 58.6 Å². The zero-order valence-electron chi connectivity index (χ0n) is 12.8. The predicted octanol–water partition coefficient (Wildman–Crippen LogP) is 3.93. The van der Waals surface area contributed by atoms with Crippen molar-refractivity contribution in [2.24, 2.45) is 11.5 Å². The number of guanidine groups is 1. The van der Waals surface area contributed by atoms with Gasteiger partial charge in [-0.15, -0.1) is 12.4 Å². The van der Waals surface area contributed by atoms with Crippen LogP contribution in [0.3, 0.4) is 0 Å². The molecule has 0 saturated carbocycles. The first kappa shape index (κ1) is 20.7. The van der Waals surface area contributed by atoms with Gasteiger partial charge in [-0.3, -0.25) is 5.41 Å². The van der Waals surface area contributed by atoms with Crippen LogP contribution >= 0.6 is 35.8 Å². The van der Waals surface area contributed by atoms with E-state index in [0.29, 0.717) is 9.92 Å². The van der Waals surface area contributed by atoms with Crippen molar-refractivity contribution in [1.29, 1.82) is 5.41 Å². The van der Waals surface area contributed by atoms with Gasteiger partial charge in [-0.1, -0.05) is 41.6 Å². The molecule has 3 rings (SSSR count). The van der Waals surface area contributed by atoms with Gasteiger partial charge in [-0.2, -0.15) is 0 Å². The van der Waals surface area contributed by atoms with E-state index in [-0.39, 0.29) is 24.1 Å². The highest BCUT2D eigenvalue weighted by molar-refractivity contribution is 7.99. The molecule has 1 heterocycles. The second-order valence-corrected chi connectivity index (χ2v) is 6.21. The van der Waals surface area contributed by atoms with Crippen molar-refractivity contribution in [3.8, 4) is 0 Å². The third-order valence-electron chi connectivity index (χ3n) is 2.89. The van der Waals surface area contributed by atoms with Gasteiger partial charge in [0, 0.05) is 20.8 Å². The smallest absolute Gasteiger partial charge is 0.353 e. The summed E-state index contributed by atoms with van der Waals surface area (Å²) in [5.41, 5.74) is 9.90. The first-order valence-corrected chi connectivity index (χ1v) is 7.95. The van der Waals surface area contributed by atoms with Crippen molar-refractivity contribution in [3.05, 3.63) is 59.2 Å². The fraction of sp³-hybridized carbons (Fsp3) is 0. The highest BCUT2D eigenvalue weighted by atomic mass is 35.5. The molecule has 0 unspecified atom stereocenters. The molecular formula is C16H16Cl2N4O2S. The van der Waals surface area contributed by atoms with Gasteiger partial charge >= 0.3 is 5.97 Å². The fourth-order valence-electron chi connectivity index (χ4n) is 2.00. The van der Waals surface area contributed by atoms with Crippen LogP contribution in [0.5, 0.6) is 0 Å². The number of nitrogens with two attached hydrogens (primary N) is 2. The van der Waals surface area contributed by atoms with Crippen LogP contribution in [0.2, 0.25) is 5.02 Å². The first-order chi connectivity index (χ1) is 11.4. The maximum atomic E-state index is 11.4. The normalized spacial score (nSPS) is 9.64. The summed E-state index contributed by atoms with van der Waals surface area (Å²) in [6.45, 7) is 0. The van der Waals surface area contributed by atoms with Crippen LogP contribution in [0.1, 0.15) is 10.5 Å². The first-order valence-electron chi connectivity index (χ1n) is 6.75. The minimum atomic E-state index is -0.976. The summed E-state index contributed by atoms with van der Waals surface area (Å²) in [6.07, 6.45) is 0. The number of aromatic carboxylic acids is 1. The molecular weight excluding hydrogens is 383 g/mol. The molecule has 25 heavy (non-hydrogen) atoms. The van der Waals surface area contributed by atoms with E-state index in [1.807, 2.05) is 30.3 Å². The molecule has 1 aromatic heterocycles. The van der Waals surface area contributed by atoms with E-state index in [9.17, 15) is 9.90 Å². The van der Waals surface area contributed by atoms with Gasteiger partial charge in [-0.25, -0.2) is 4.79 Å². The molecule has 132 valence electrons. The summed E-state index contributed by atoms with van der Waals surface area (Å²) in [4.78, 5) is 16.0. The number of rotatable bonds is 3. The molecule has 0 amide bonds. The summed E-state index contributed by atoms with van der Waals surface area (Å²) in [5.74, 6) is -1.31. The Labute approximate surface area is 159 Å². The maximum Gasteiger partial charge on any atom is 0.353 e. The summed E-state index contributed by atoms with van der Waals surface area (Å²) in [6, 6.07) is 15.0. The molecule has 0 radical (unpaired) electrons. The molecule has 0 atom stereocenters. The molecule has 0 saturated heterocycles. The van der Waals surface area contributed by atoms with Crippen LogP contribution in [0.4, 0.5) is 0 Å². The van der Waals surface area contributed by atoms with Crippen molar-refractivity contribution < 1.29 is 9.90 Å². The number of aromatic amines is 1. The van der Waals surface area contributed by atoms with Crippen molar-refractivity contribution in [1.82, 2.24) is 4.98 Å². The lowest BCUT2D eigenvalue weighted by Gasteiger charge is -2.02. The van der Waals surface area contributed by atoms with Gasteiger partial charge in [-0.05, 0) is 30.3 Å². The molecule has 0 aliphatic carbocycles. The molecule has 0 aliphatic heterocycles. The molecule has 0 spiro atoms. The lowest BCUT2D eigenvalue weighted by Crippen LogP contribution is -2.20. The van der Waals surface area contributed by atoms with Crippen LogP contribution in [0, 0.1) is 5.41 Å². The van der Waals surface area contributed by atoms with Gasteiger partial charge < -0.3 is 21.6 Å². The van der Waals surface area contributed by atoms with Gasteiger partial charge in [0.05, 0.1) is 4.90 Å². The Kier molecular flexibility index (Phi) is 7.63. The second-order valence-electron chi connectivity index (χ2n) is 4.69. The van der Waals surface area contributed by atoms with Gasteiger partial charge in [0.15, 0.2) is 5.96 Å². The van der Waals surface area contributed by atoms with E-state index in [2.05, 4.69) is 16.5 Å². The number of fused-ring (bicyclic) bond motifs is 1. The lowest BCUT2D eigenvalue weighted by molar-refractivity contribution is 0.0688.